The number of cyclic esters (lactones) is 1. The third kappa shape index (κ3) is 1.82. The first-order chi connectivity index (χ1) is 9.03. The van der Waals surface area contributed by atoms with Crippen LogP contribution in [0.1, 0.15) is 25.3 Å². The van der Waals surface area contributed by atoms with Gasteiger partial charge in [-0.15, -0.1) is 0 Å². The van der Waals surface area contributed by atoms with E-state index in [1.807, 2.05) is 30.3 Å². The number of carbonyl (C=O) groups excluding carboxylic acids is 2. The largest absolute Gasteiger partial charge is 0.447 e. The van der Waals surface area contributed by atoms with Crippen molar-refractivity contribution in [3.8, 4) is 0 Å². The zero-order valence-electron chi connectivity index (χ0n) is 11.1. The van der Waals surface area contributed by atoms with Gasteiger partial charge in [0.1, 0.15) is 6.61 Å². The molecule has 1 aromatic carbocycles. The first-order valence-electron chi connectivity index (χ1n) is 6.56. The maximum Gasteiger partial charge on any atom is 0.416 e. The van der Waals surface area contributed by atoms with Crippen molar-refractivity contribution in [3.05, 3.63) is 35.9 Å². The second kappa shape index (κ2) is 4.08. The van der Waals surface area contributed by atoms with Crippen LogP contribution in [0.25, 0.3) is 0 Å². The first-order valence-corrected chi connectivity index (χ1v) is 6.56. The lowest BCUT2D eigenvalue weighted by Gasteiger charge is -2.11. The van der Waals surface area contributed by atoms with Crippen molar-refractivity contribution < 1.29 is 14.3 Å². The fourth-order valence-corrected chi connectivity index (χ4v) is 3.14. The lowest BCUT2D eigenvalue weighted by molar-refractivity contribution is -0.129. The van der Waals surface area contributed by atoms with E-state index < -0.39 is 6.09 Å². The monoisotopic (exact) mass is 259 g/mol. The highest BCUT2D eigenvalue weighted by Crippen LogP contribution is 2.65. The Morgan fingerprint density at radius 2 is 2.00 bits per heavy atom. The maximum absolute atomic E-state index is 12.4. The van der Waals surface area contributed by atoms with E-state index in [1.165, 1.54) is 10.5 Å². The zero-order valence-corrected chi connectivity index (χ0v) is 11.1. The first kappa shape index (κ1) is 12.2. The van der Waals surface area contributed by atoms with Crippen molar-refractivity contribution in [2.75, 3.05) is 13.2 Å². The van der Waals surface area contributed by atoms with Gasteiger partial charge in [-0.25, -0.2) is 9.69 Å². The third-order valence-corrected chi connectivity index (χ3v) is 4.28. The Bertz CT molecular complexity index is 523. The molecule has 0 unspecified atom stereocenters. The zero-order chi connectivity index (χ0) is 13.6. The smallest absolute Gasteiger partial charge is 0.416 e. The minimum atomic E-state index is -0.500. The van der Waals surface area contributed by atoms with E-state index in [2.05, 4.69) is 13.8 Å². The molecule has 0 aromatic heterocycles. The Hall–Kier alpha value is -1.84. The van der Waals surface area contributed by atoms with E-state index in [-0.39, 0.29) is 23.2 Å². The lowest BCUT2D eigenvalue weighted by atomic mass is 10.0. The number of ether oxygens (including phenoxy) is 1. The minimum Gasteiger partial charge on any atom is -0.447 e. The van der Waals surface area contributed by atoms with Gasteiger partial charge in [-0.1, -0.05) is 44.2 Å². The average Bonchev–Trinajstić information content (AvgIpc) is 2.74. The van der Waals surface area contributed by atoms with E-state index in [1.54, 1.807) is 0 Å². The molecule has 2 aliphatic rings. The maximum atomic E-state index is 12.4. The molecule has 1 aliphatic heterocycles. The summed E-state index contributed by atoms with van der Waals surface area (Å²) in [7, 11) is 0. The molecule has 0 radical (unpaired) electrons. The Labute approximate surface area is 112 Å². The topological polar surface area (TPSA) is 46.6 Å². The SMILES string of the molecule is CC1(C)[C@H](C(=O)N2CCOC2=O)[C@H]1c1ccccc1. The van der Waals surface area contributed by atoms with Crippen LogP contribution in [0.2, 0.25) is 0 Å². The summed E-state index contributed by atoms with van der Waals surface area (Å²) in [6, 6.07) is 10.0. The average molecular weight is 259 g/mol. The van der Waals surface area contributed by atoms with Crippen LogP contribution in [0.5, 0.6) is 0 Å². The number of nitrogens with zero attached hydrogens (tertiary/aromatic N) is 1. The number of hydrogen-bond acceptors (Lipinski definition) is 3. The van der Waals surface area contributed by atoms with E-state index in [9.17, 15) is 9.59 Å². The summed E-state index contributed by atoms with van der Waals surface area (Å²) in [4.78, 5) is 25.2. The number of rotatable bonds is 2. The molecular formula is C15H17NO3. The molecule has 2 atom stereocenters. The van der Waals surface area contributed by atoms with Gasteiger partial charge in [-0.3, -0.25) is 4.79 Å². The predicted octanol–water partition coefficient (Wildman–Crippen LogP) is 2.41. The lowest BCUT2D eigenvalue weighted by Crippen LogP contribution is -2.34. The standard InChI is InChI=1S/C15H17NO3/c1-15(2)11(10-6-4-3-5-7-10)12(15)13(17)16-8-9-19-14(16)18/h3-7,11-12H,8-9H2,1-2H3/t11-,12+/m1/s1. The molecule has 1 saturated carbocycles. The number of carbonyl (C=O) groups is 2. The molecule has 1 aliphatic carbocycles. The quantitative estimate of drug-likeness (QED) is 0.819. The highest BCUT2D eigenvalue weighted by atomic mass is 16.6. The number of imide groups is 1. The second-order valence-electron chi connectivity index (χ2n) is 5.79. The van der Waals surface area contributed by atoms with Gasteiger partial charge in [0.25, 0.3) is 0 Å². The molecule has 1 aromatic rings. The van der Waals surface area contributed by atoms with Crippen LogP contribution in [-0.4, -0.2) is 30.1 Å². The number of hydrogen-bond donors (Lipinski definition) is 0. The molecule has 1 heterocycles. The molecule has 4 heteroatoms. The molecule has 0 bridgehead atoms. The van der Waals surface area contributed by atoms with Gasteiger partial charge in [0.05, 0.1) is 12.5 Å². The Kier molecular flexibility index (Phi) is 2.62. The van der Waals surface area contributed by atoms with Crippen molar-refractivity contribution in [1.29, 1.82) is 0 Å². The molecule has 19 heavy (non-hydrogen) atoms. The fraction of sp³-hybridized carbons (Fsp3) is 0.467. The minimum absolute atomic E-state index is 0.0959. The number of amides is 2. The van der Waals surface area contributed by atoms with Crippen molar-refractivity contribution in [3.63, 3.8) is 0 Å². The summed E-state index contributed by atoms with van der Waals surface area (Å²) in [6.45, 7) is 4.85. The summed E-state index contributed by atoms with van der Waals surface area (Å²) in [5.41, 5.74) is 1.07. The molecule has 0 N–H and O–H groups in total. The van der Waals surface area contributed by atoms with Crippen molar-refractivity contribution in [1.82, 2.24) is 4.90 Å². The van der Waals surface area contributed by atoms with E-state index >= 15 is 0 Å². The van der Waals surface area contributed by atoms with Gasteiger partial charge < -0.3 is 4.74 Å². The van der Waals surface area contributed by atoms with Crippen LogP contribution < -0.4 is 0 Å². The molecule has 1 saturated heterocycles. The molecule has 0 spiro atoms. The van der Waals surface area contributed by atoms with E-state index in [0.717, 1.165) is 0 Å². The van der Waals surface area contributed by atoms with Crippen LogP contribution in [0.3, 0.4) is 0 Å². The van der Waals surface area contributed by atoms with Crippen LogP contribution in [0.15, 0.2) is 30.3 Å². The second-order valence-corrected chi connectivity index (χ2v) is 5.79. The normalized spacial score (nSPS) is 28.1. The van der Waals surface area contributed by atoms with Gasteiger partial charge in [-0.05, 0) is 11.0 Å². The highest BCUT2D eigenvalue weighted by Gasteiger charge is 2.63. The Morgan fingerprint density at radius 3 is 2.58 bits per heavy atom. The predicted molar refractivity (Wildman–Crippen MR) is 69.5 cm³/mol. The van der Waals surface area contributed by atoms with Crippen molar-refractivity contribution >= 4 is 12.0 Å². The van der Waals surface area contributed by atoms with Gasteiger partial charge in [0.15, 0.2) is 0 Å². The Morgan fingerprint density at radius 1 is 1.32 bits per heavy atom. The summed E-state index contributed by atoms with van der Waals surface area (Å²) in [6.07, 6.45) is -0.500. The van der Waals surface area contributed by atoms with Crippen LogP contribution in [0.4, 0.5) is 4.79 Å². The fourth-order valence-electron chi connectivity index (χ4n) is 3.14. The molecule has 3 rings (SSSR count). The third-order valence-electron chi connectivity index (χ3n) is 4.28. The molecule has 2 fully saturated rings. The molecule has 100 valence electrons. The van der Waals surface area contributed by atoms with Crippen LogP contribution in [-0.2, 0) is 9.53 Å². The van der Waals surface area contributed by atoms with Crippen molar-refractivity contribution in [2.45, 2.75) is 19.8 Å². The Balaban J connectivity index is 1.83. The van der Waals surface area contributed by atoms with Gasteiger partial charge >= 0.3 is 6.09 Å². The van der Waals surface area contributed by atoms with Crippen LogP contribution >= 0.6 is 0 Å². The molecule has 4 nitrogen and oxygen atoms in total. The van der Waals surface area contributed by atoms with Gasteiger partial charge in [0.2, 0.25) is 5.91 Å². The van der Waals surface area contributed by atoms with Crippen LogP contribution in [0, 0.1) is 11.3 Å². The highest BCUT2D eigenvalue weighted by molar-refractivity contribution is 5.97. The summed E-state index contributed by atoms with van der Waals surface area (Å²) < 4.78 is 4.84. The van der Waals surface area contributed by atoms with Gasteiger partial charge in [-0.2, -0.15) is 0 Å². The summed E-state index contributed by atoms with van der Waals surface area (Å²) >= 11 is 0. The van der Waals surface area contributed by atoms with E-state index in [0.29, 0.717) is 13.2 Å². The molecule has 2 amide bonds. The summed E-state index contributed by atoms with van der Waals surface area (Å²) in [5, 5.41) is 0. The van der Waals surface area contributed by atoms with E-state index in [4.69, 9.17) is 4.74 Å². The van der Waals surface area contributed by atoms with Crippen molar-refractivity contribution in [2.24, 2.45) is 11.3 Å². The summed E-state index contributed by atoms with van der Waals surface area (Å²) in [5.74, 6) is -0.0310. The van der Waals surface area contributed by atoms with Gasteiger partial charge in [0, 0.05) is 5.92 Å². The molecular weight excluding hydrogens is 242 g/mol. The number of benzene rings is 1.